The van der Waals surface area contributed by atoms with Crippen LogP contribution in [0.25, 0.3) is 0 Å². The summed E-state index contributed by atoms with van der Waals surface area (Å²) in [6, 6.07) is 6.01. The van der Waals surface area contributed by atoms with Crippen LogP contribution in [0.3, 0.4) is 0 Å². The third kappa shape index (κ3) is 2.64. The molecule has 3 nitrogen and oxygen atoms in total. The molecule has 14 heavy (non-hydrogen) atoms. The van der Waals surface area contributed by atoms with Crippen LogP contribution >= 0.6 is 0 Å². The first kappa shape index (κ1) is 10.9. The number of ether oxygens (including phenoxy) is 2. The highest BCUT2D eigenvalue weighted by molar-refractivity contribution is 5.42. The van der Waals surface area contributed by atoms with Gasteiger partial charge in [0.15, 0.2) is 11.5 Å². The fourth-order valence-electron chi connectivity index (χ4n) is 1.35. The van der Waals surface area contributed by atoms with Gasteiger partial charge in [-0.25, -0.2) is 0 Å². The molecule has 1 aromatic rings. The van der Waals surface area contributed by atoms with Crippen LogP contribution in [0.1, 0.15) is 12.5 Å². The van der Waals surface area contributed by atoms with E-state index >= 15 is 0 Å². The van der Waals surface area contributed by atoms with E-state index in [1.807, 2.05) is 25.1 Å². The number of methoxy groups -OCH3 is 1. The number of quaternary nitrogens is 1. The minimum absolute atomic E-state index is 0.657. The topological polar surface area (TPSA) is 46.1 Å². The fraction of sp³-hybridized carbons (Fsp3) is 0.455. The third-order valence-corrected chi connectivity index (χ3v) is 1.99. The van der Waals surface area contributed by atoms with E-state index in [0.29, 0.717) is 6.61 Å². The SMILES string of the molecule is CCOc1cc(CC[NH3+])ccc1OC. The van der Waals surface area contributed by atoms with Crippen molar-refractivity contribution in [1.82, 2.24) is 0 Å². The van der Waals surface area contributed by atoms with Crippen LogP contribution in [0.4, 0.5) is 0 Å². The van der Waals surface area contributed by atoms with Crippen LogP contribution in [0.2, 0.25) is 0 Å². The lowest BCUT2D eigenvalue weighted by atomic mass is 10.1. The average molecular weight is 196 g/mol. The van der Waals surface area contributed by atoms with Crippen molar-refractivity contribution in [2.75, 3.05) is 20.3 Å². The van der Waals surface area contributed by atoms with Gasteiger partial charge in [0, 0.05) is 6.42 Å². The minimum atomic E-state index is 0.657. The van der Waals surface area contributed by atoms with Crippen LogP contribution in [0, 0.1) is 0 Å². The molecule has 3 heteroatoms. The first-order valence-electron chi connectivity index (χ1n) is 4.90. The van der Waals surface area contributed by atoms with Crippen molar-refractivity contribution >= 4 is 0 Å². The molecule has 0 aliphatic heterocycles. The molecule has 0 unspecified atom stereocenters. The molecule has 0 radical (unpaired) electrons. The standard InChI is InChI=1S/C11H17NO2/c1-3-14-11-8-9(6-7-12)4-5-10(11)13-2/h4-5,8H,3,6-7,12H2,1-2H3/p+1. The fourth-order valence-corrected chi connectivity index (χ4v) is 1.35. The zero-order valence-electron chi connectivity index (χ0n) is 8.88. The summed E-state index contributed by atoms with van der Waals surface area (Å²) < 4.78 is 10.7. The van der Waals surface area contributed by atoms with Gasteiger partial charge < -0.3 is 15.2 Å². The number of rotatable bonds is 5. The first-order valence-corrected chi connectivity index (χ1v) is 4.90. The minimum Gasteiger partial charge on any atom is -0.493 e. The maximum atomic E-state index is 5.47. The molecule has 0 spiro atoms. The molecular weight excluding hydrogens is 178 g/mol. The van der Waals surface area contributed by atoms with E-state index in [9.17, 15) is 0 Å². The predicted molar refractivity (Wildman–Crippen MR) is 55.6 cm³/mol. The molecule has 0 aliphatic rings. The Kier molecular flexibility index (Phi) is 4.26. The van der Waals surface area contributed by atoms with Gasteiger partial charge in [-0.3, -0.25) is 0 Å². The molecule has 0 heterocycles. The van der Waals surface area contributed by atoms with Gasteiger partial charge in [-0.1, -0.05) is 6.07 Å². The van der Waals surface area contributed by atoms with Gasteiger partial charge in [-0.15, -0.1) is 0 Å². The van der Waals surface area contributed by atoms with E-state index in [0.717, 1.165) is 24.5 Å². The molecule has 0 saturated heterocycles. The summed E-state index contributed by atoms with van der Waals surface area (Å²) in [5.74, 6) is 1.61. The van der Waals surface area contributed by atoms with Gasteiger partial charge in [0.25, 0.3) is 0 Å². The molecule has 0 atom stereocenters. The van der Waals surface area contributed by atoms with Crippen molar-refractivity contribution in [2.45, 2.75) is 13.3 Å². The van der Waals surface area contributed by atoms with Crippen LogP contribution in [0.15, 0.2) is 18.2 Å². The molecule has 1 aromatic carbocycles. The van der Waals surface area contributed by atoms with E-state index in [4.69, 9.17) is 9.47 Å². The molecule has 0 saturated carbocycles. The molecule has 0 fully saturated rings. The summed E-state index contributed by atoms with van der Waals surface area (Å²) in [4.78, 5) is 0. The Balaban J connectivity index is 2.88. The zero-order chi connectivity index (χ0) is 10.4. The summed E-state index contributed by atoms with van der Waals surface area (Å²) in [6.45, 7) is 3.52. The highest BCUT2D eigenvalue weighted by Gasteiger charge is 2.04. The highest BCUT2D eigenvalue weighted by Crippen LogP contribution is 2.27. The lowest BCUT2D eigenvalue weighted by Crippen LogP contribution is -2.51. The lowest BCUT2D eigenvalue weighted by molar-refractivity contribution is -0.366. The molecule has 3 N–H and O–H groups in total. The van der Waals surface area contributed by atoms with Crippen molar-refractivity contribution in [3.8, 4) is 11.5 Å². The monoisotopic (exact) mass is 196 g/mol. The number of hydrogen-bond donors (Lipinski definition) is 1. The average Bonchev–Trinajstić information content (AvgIpc) is 2.19. The van der Waals surface area contributed by atoms with E-state index in [1.54, 1.807) is 7.11 Å². The normalized spacial score (nSPS) is 9.93. The van der Waals surface area contributed by atoms with E-state index < -0.39 is 0 Å². The number of hydrogen-bond acceptors (Lipinski definition) is 2. The quantitative estimate of drug-likeness (QED) is 0.759. The van der Waals surface area contributed by atoms with Crippen LogP contribution in [-0.2, 0) is 6.42 Å². The second-order valence-corrected chi connectivity index (χ2v) is 3.02. The summed E-state index contributed by atoms with van der Waals surface area (Å²) in [6.07, 6.45) is 0.976. The zero-order valence-corrected chi connectivity index (χ0v) is 8.88. The Morgan fingerprint density at radius 2 is 2.07 bits per heavy atom. The van der Waals surface area contributed by atoms with Crippen LogP contribution in [-0.4, -0.2) is 20.3 Å². The molecule has 0 aromatic heterocycles. The molecule has 1 rings (SSSR count). The highest BCUT2D eigenvalue weighted by atomic mass is 16.5. The lowest BCUT2D eigenvalue weighted by Gasteiger charge is -2.10. The summed E-state index contributed by atoms with van der Waals surface area (Å²) >= 11 is 0. The maximum absolute atomic E-state index is 5.47. The molecule has 78 valence electrons. The third-order valence-electron chi connectivity index (χ3n) is 1.99. The van der Waals surface area contributed by atoms with Crippen molar-refractivity contribution in [3.05, 3.63) is 23.8 Å². The van der Waals surface area contributed by atoms with Gasteiger partial charge in [0.05, 0.1) is 20.3 Å². The van der Waals surface area contributed by atoms with Gasteiger partial charge in [-0.2, -0.15) is 0 Å². The van der Waals surface area contributed by atoms with E-state index in [2.05, 4.69) is 5.73 Å². The van der Waals surface area contributed by atoms with Crippen molar-refractivity contribution in [2.24, 2.45) is 0 Å². The summed E-state index contributed by atoms with van der Waals surface area (Å²) in [5.41, 5.74) is 5.07. The maximum Gasteiger partial charge on any atom is 0.161 e. The first-order chi connectivity index (χ1) is 6.81. The van der Waals surface area contributed by atoms with Crippen LogP contribution in [0.5, 0.6) is 11.5 Å². The second-order valence-electron chi connectivity index (χ2n) is 3.02. The Morgan fingerprint density at radius 1 is 1.29 bits per heavy atom. The molecule has 0 aliphatic carbocycles. The summed E-state index contributed by atoms with van der Waals surface area (Å²) in [7, 11) is 1.65. The largest absolute Gasteiger partial charge is 0.493 e. The van der Waals surface area contributed by atoms with Crippen LogP contribution < -0.4 is 15.2 Å². The molecule has 0 amide bonds. The summed E-state index contributed by atoms with van der Waals surface area (Å²) in [5, 5.41) is 0. The Hall–Kier alpha value is -1.22. The second kappa shape index (κ2) is 5.50. The van der Waals surface area contributed by atoms with Crippen molar-refractivity contribution < 1.29 is 15.2 Å². The smallest absolute Gasteiger partial charge is 0.161 e. The van der Waals surface area contributed by atoms with E-state index in [1.165, 1.54) is 5.56 Å². The Morgan fingerprint density at radius 3 is 2.64 bits per heavy atom. The Labute approximate surface area is 84.8 Å². The van der Waals surface area contributed by atoms with Gasteiger partial charge in [-0.05, 0) is 24.6 Å². The number of benzene rings is 1. The molecule has 0 bridgehead atoms. The molecular formula is C11H18NO2+. The van der Waals surface area contributed by atoms with Gasteiger partial charge in [0.1, 0.15) is 0 Å². The van der Waals surface area contributed by atoms with E-state index in [-0.39, 0.29) is 0 Å². The van der Waals surface area contributed by atoms with Crippen molar-refractivity contribution in [3.63, 3.8) is 0 Å². The predicted octanol–water partition coefficient (Wildman–Crippen LogP) is 0.878. The van der Waals surface area contributed by atoms with Gasteiger partial charge >= 0.3 is 0 Å². The Bertz CT molecular complexity index is 287. The van der Waals surface area contributed by atoms with Gasteiger partial charge in [0.2, 0.25) is 0 Å². The van der Waals surface area contributed by atoms with Crippen molar-refractivity contribution in [1.29, 1.82) is 0 Å².